The predicted octanol–water partition coefficient (Wildman–Crippen LogP) is 7.80. The monoisotopic (exact) mass is 447 g/mol. The van der Waals surface area contributed by atoms with Gasteiger partial charge in [0.1, 0.15) is 17.6 Å². The lowest BCUT2D eigenvalue weighted by atomic mass is 9.63. The van der Waals surface area contributed by atoms with Crippen LogP contribution in [0.4, 0.5) is 4.39 Å². The van der Waals surface area contributed by atoms with Gasteiger partial charge in [-0.3, -0.25) is 0 Å². The highest BCUT2D eigenvalue weighted by Gasteiger charge is 2.35. The molecule has 4 heteroatoms. The van der Waals surface area contributed by atoms with Crippen LogP contribution >= 0.6 is 0 Å². The Morgan fingerprint density at radius 3 is 2.52 bits per heavy atom. The highest BCUT2D eigenvalue weighted by Crippen LogP contribution is 2.48. The molecule has 0 saturated heterocycles. The van der Waals surface area contributed by atoms with Gasteiger partial charge in [-0.1, -0.05) is 51.2 Å². The fourth-order valence-electron chi connectivity index (χ4n) is 5.94. The van der Waals surface area contributed by atoms with Crippen LogP contribution in [-0.2, 0) is 0 Å². The van der Waals surface area contributed by atoms with E-state index in [1.807, 2.05) is 12.1 Å². The van der Waals surface area contributed by atoms with Crippen molar-refractivity contribution < 1.29 is 13.9 Å². The number of ether oxygens (including phenoxy) is 1. The minimum absolute atomic E-state index is 0.0705. The number of nitriles is 1. The van der Waals surface area contributed by atoms with Gasteiger partial charge < -0.3 is 4.74 Å². The predicted molar refractivity (Wildman–Crippen MR) is 128 cm³/mol. The minimum atomic E-state index is -0.691. The van der Waals surface area contributed by atoms with E-state index in [0.717, 1.165) is 23.8 Å². The van der Waals surface area contributed by atoms with Gasteiger partial charge in [0.25, 0.3) is 0 Å². The zero-order chi connectivity index (χ0) is 23.2. The number of hydrogen-bond donors (Lipinski definition) is 0. The number of carbonyl (C=O) groups is 1. The molecular weight excluding hydrogens is 413 g/mol. The molecule has 2 aromatic rings. The van der Waals surface area contributed by atoms with Crippen molar-refractivity contribution >= 4 is 5.97 Å². The number of unbranched alkanes of at least 4 members (excludes halogenated alkanes) is 2. The third-order valence-corrected chi connectivity index (χ3v) is 7.83. The first kappa shape index (κ1) is 23.5. The largest absolute Gasteiger partial charge is 0.423 e. The molecule has 0 aromatic heterocycles. The number of hydrogen-bond acceptors (Lipinski definition) is 3. The zero-order valence-electron chi connectivity index (χ0n) is 19.6. The van der Waals surface area contributed by atoms with E-state index in [-0.39, 0.29) is 11.3 Å². The standard InChI is InChI=1S/C29H34FNO2/c1-2-3-4-5-20-6-7-25-17-24(13-12-23(25)16-20)21-8-10-22(11-9-21)29(32)33-27-15-14-26(19-31)28(30)18-27/h8-11,14-15,18,20,23-25H,2-7,12-13,16-17H2,1H3/t20-,23-,24?,25+/m0/s1. The zero-order valence-corrected chi connectivity index (χ0v) is 19.6. The van der Waals surface area contributed by atoms with E-state index in [2.05, 4.69) is 19.1 Å². The summed E-state index contributed by atoms with van der Waals surface area (Å²) in [5.41, 5.74) is 1.68. The van der Waals surface area contributed by atoms with Crippen molar-refractivity contribution in [1.82, 2.24) is 0 Å². The third-order valence-electron chi connectivity index (χ3n) is 7.83. The van der Waals surface area contributed by atoms with Gasteiger partial charge in [0.2, 0.25) is 0 Å². The lowest BCUT2D eigenvalue weighted by molar-refractivity contribution is 0.0734. The molecule has 2 aliphatic carbocycles. The summed E-state index contributed by atoms with van der Waals surface area (Å²) in [5, 5.41) is 8.82. The first-order chi connectivity index (χ1) is 16.1. The first-order valence-electron chi connectivity index (χ1n) is 12.6. The fourth-order valence-corrected chi connectivity index (χ4v) is 5.94. The van der Waals surface area contributed by atoms with Crippen LogP contribution in [0.5, 0.6) is 5.75 Å². The maximum Gasteiger partial charge on any atom is 0.343 e. The van der Waals surface area contributed by atoms with E-state index in [9.17, 15) is 9.18 Å². The third kappa shape index (κ3) is 5.82. The van der Waals surface area contributed by atoms with Crippen LogP contribution in [0, 0.1) is 34.9 Å². The molecule has 2 aromatic carbocycles. The molecule has 2 aliphatic rings. The van der Waals surface area contributed by atoms with Crippen LogP contribution in [0.3, 0.4) is 0 Å². The number of esters is 1. The summed E-state index contributed by atoms with van der Waals surface area (Å²) in [5.74, 6) is 2.17. The number of halogens is 1. The average molecular weight is 448 g/mol. The Bertz CT molecular complexity index is 994. The van der Waals surface area contributed by atoms with Crippen molar-refractivity contribution in [3.8, 4) is 11.8 Å². The maximum absolute atomic E-state index is 13.8. The van der Waals surface area contributed by atoms with Gasteiger partial charge in [0.05, 0.1) is 11.1 Å². The van der Waals surface area contributed by atoms with Crippen molar-refractivity contribution in [2.75, 3.05) is 0 Å². The molecule has 2 fully saturated rings. The molecule has 4 atom stereocenters. The van der Waals surface area contributed by atoms with Gasteiger partial charge in [-0.15, -0.1) is 0 Å². The molecule has 0 N–H and O–H groups in total. The summed E-state index contributed by atoms with van der Waals surface area (Å²) in [6, 6.07) is 13.3. The lowest BCUT2D eigenvalue weighted by Gasteiger charge is -2.42. The smallest absolute Gasteiger partial charge is 0.343 e. The highest BCUT2D eigenvalue weighted by molar-refractivity contribution is 5.91. The van der Waals surface area contributed by atoms with Gasteiger partial charge in [0, 0.05) is 6.07 Å². The normalized spacial score (nSPS) is 24.5. The quantitative estimate of drug-likeness (QED) is 0.247. The van der Waals surface area contributed by atoms with Crippen molar-refractivity contribution in [2.24, 2.45) is 17.8 Å². The number of carbonyl (C=O) groups excluding carboxylic acids is 1. The molecule has 0 spiro atoms. The van der Waals surface area contributed by atoms with Crippen molar-refractivity contribution in [3.63, 3.8) is 0 Å². The van der Waals surface area contributed by atoms with Gasteiger partial charge in [-0.2, -0.15) is 5.26 Å². The van der Waals surface area contributed by atoms with Crippen LogP contribution in [0.2, 0.25) is 0 Å². The van der Waals surface area contributed by atoms with Crippen LogP contribution in [0.1, 0.15) is 98.5 Å². The van der Waals surface area contributed by atoms with Gasteiger partial charge in [-0.05, 0) is 85.6 Å². The average Bonchev–Trinajstić information content (AvgIpc) is 2.84. The molecule has 0 heterocycles. The molecule has 0 amide bonds. The van der Waals surface area contributed by atoms with Crippen LogP contribution in [0.15, 0.2) is 42.5 Å². The molecule has 3 nitrogen and oxygen atoms in total. The van der Waals surface area contributed by atoms with E-state index in [4.69, 9.17) is 10.00 Å². The second-order valence-corrected chi connectivity index (χ2v) is 9.97. The van der Waals surface area contributed by atoms with Crippen molar-refractivity contribution in [1.29, 1.82) is 5.26 Å². The fraction of sp³-hybridized carbons (Fsp3) is 0.517. The van der Waals surface area contributed by atoms with E-state index in [1.54, 1.807) is 6.07 Å². The Kier molecular flexibility index (Phi) is 7.81. The van der Waals surface area contributed by atoms with E-state index >= 15 is 0 Å². The van der Waals surface area contributed by atoms with E-state index in [1.165, 1.54) is 81.9 Å². The molecule has 174 valence electrons. The topological polar surface area (TPSA) is 50.1 Å². The highest BCUT2D eigenvalue weighted by atomic mass is 19.1. The van der Waals surface area contributed by atoms with Gasteiger partial charge >= 0.3 is 5.97 Å². The molecule has 0 bridgehead atoms. The van der Waals surface area contributed by atoms with Gasteiger partial charge in [-0.25, -0.2) is 9.18 Å². The number of fused-ring (bicyclic) bond motifs is 1. The molecule has 1 unspecified atom stereocenters. The summed E-state index contributed by atoms with van der Waals surface area (Å²) < 4.78 is 19.1. The van der Waals surface area contributed by atoms with Crippen LogP contribution in [-0.4, -0.2) is 5.97 Å². The Labute approximate surface area is 197 Å². The number of nitrogens with zero attached hydrogens (tertiary/aromatic N) is 1. The Hall–Kier alpha value is -2.67. The van der Waals surface area contributed by atoms with E-state index in [0.29, 0.717) is 11.5 Å². The van der Waals surface area contributed by atoms with Crippen LogP contribution < -0.4 is 4.74 Å². The van der Waals surface area contributed by atoms with Crippen LogP contribution in [0.25, 0.3) is 0 Å². The Morgan fingerprint density at radius 1 is 1.03 bits per heavy atom. The van der Waals surface area contributed by atoms with Crippen molar-refractivity contribution in [2.45, 2.75) is 77.0 Å². The molecule has 0 aliphatic heterocycles. The Morgan fingerprint density at radius 2 is 1.79 bits per heavy atom. The number of benzene rings is 2. The SMILES string of the molecule is CCCCC[C@H]1CC[C@@H]2CC(c3ccc(C(=O)Oc4ccc(C#N)c(F)c4)cc3)CC[C@H]2C1. The summed E-state index contributed by atoms with van der Waals surface area (Å²) in [6.07, 6.45) is 13.5. The molecule has 0 radical (unpaired) electrons. The first-order valence-corrected chi connectivity index (χ1v) is 12.6. The second-order valence-electron chi connectivity index (χ2n) is 9.97. The second kappa shape index (κ2) is 11.0. The molecule has 2 saturated carbocycles. The molecule has 33 heavy (non-hydrogen) atoms. The summed E-state index contributed by atoms with van der Waals surface area (Å²) >= 11 is 0. The Balaban J connectivity index is 1.31. The lowest BCUT2D eigenvalue weighted by Crippen LogP contribution is -2.30. The van der Waals surface area contributed by atoms with E-state index < -0.39 is 11.8 Å². The summed E-state index contributed by atoms with van der Waals surface area (Å²) in [7, 11) is 0. The summed E-state index contributed by atoms with van der Waals surface area (Å²) in [6.45, 7) is 2.28. The molecule has 4 rings (SSSR count). The maximum atomic E-state index is 13.8. The molecular formula is C29H34FNO2. The van der Waals surface area contributed by atoms with Gasteiger partial charge in [0.15, 0.2) is 0 Å². The summed E-state index contributed by atoms with van der Waals surface area (Å²) in [4.78, 5) is 12.5. The minimum Gasteiger partial charge on any atom is -0.423 e. The van der Waals surface area contributed by atoms with Crippen molar-refractivity contribution in [3.05, 3.63) is 65.0 Å². The number of rotatable bonds is 7.